The van der Waals surface area contributed by atoms with Crippen LogP contribution in [0, 0.1) is 11.3 Å². The minimum absolute atomic E-state index is 0.118. The van der Waals surface area contributed by atoms with Crippen molar-refractivity contribution in [1.29, 1.82) is 5.26 Å². The molecule has 0 radical (unpaired) electrons. The predicted molar refractivity (Wildman–Crippen MR) is 125 cm³/mol. The minimum Gasteiger partial charge on any atom is -0.497 e. The molecule has 0 aliphatic carbocycles. The smallest absolute Gasteiger partial charge is 0.258 e. The largest absolute Gasteiger partial charge is 0.497 e. The average molecular weight is 455 g/mol. The molecule has 1 aromatic heterocycles. The second kappa shape index (κ2) is 10.2. The Bertz CT molecular complexity index is 1360. The van der Waals surface area contributed by atoms with E-state index in [0.29, 0.717) is 39.8 Å². The Labute approximate surface area is 195 Å². The maximum atomic E-state index is 12.7. The lowest BCUT2D eigenvalue weighted by atomic mass is 10.1. The van der Waals surface area contributed by atoms with Crippen molar-refractivity contribution in [2.24, 2.45) is 0 Å². The van der Waals surface area contributed by atoms with Gasteiger partial charge >= 0.3 is 0 Å². The third-order valence-corrected chi connectivity index (χ3v) is 5.00. The van der Waals surface area contributed by atoms with Gasteiger partial charge in [-0.2, -0.15) is 10.2 Å². The van der Waals surface area contributed by atoms with Gasteiger partial charge in [0.15, 0.2) is 5.82 Å². The fourth-order valence-electron chi connectivity index (χ4n) is 3.25. The van der Waals surface area contributed by atoms with E-state index >= 15 is 0 Å². The Hall–Kier alpha value is -4.84. The van der Waals surface area contributed by atoms with Crippen molar-refractivity contribution in [3.63, 3.8) is 0 Å². The summed E-state index contributed by atoms with van der Waals surface area (Å²) in [6.07, 6.45) is 0. The number of nitriles is 1. The molecular weight excluding hydrogens is 434 g/mol. The zero-order valence-corrected chi connectivity index (χ0v) is 18.5. The Morgan fingerprint density at radius 3 is 2.68 bits per heavy atom. The van der Waals surface area contributed by atoms with Gasteiger partial charge in [0.2, 0.25) is 5.95 Å². The van der Waals surface area contributed by atoms with Gasteiger partial charge in [-0.25, -0.2) is 0 Å². The molecule has 4 aromatic rings. The first-order valence-electron chi connectivity index (χ1n) is 10.3. The highest BCUT2D eigenvalue weighted by Gasteiger charge is 2.15. The van der Waals surface area contributed by atoms with E-state index in [1.165, 1.54) is 0 Å². The number of nitrogens with zero attached hydrogens (tertiary/aromatic N) is 3. The van der Waals surface area contributed by atoms with Crippen LogP contribution in [0.5, 0.6) is 17.2 Å². The van der Waals surface area contributed by atoms with Crippen LogP contribution in [-0.2, 0) is 6.61 Å². The van der Waals surface area contributed by atoms with E-state index in [-0.39, 0.29) is 12.6 Å². The number of benzene rings is 3. The van der Waals surface area contributed by atoms with Crippen molar-refractivity contribution in [3.05, 3.63) is 83.4 Å². The number of anilines is 1. The van der Waals surface area contributed by atoms with Crippen LogP contribution in [0.15, 0.2) is 66.7 Å². The molecule has 4 rings (SSSR count). The number of nitrogens with one attached hydrogen (secondary N) is 2. The summed E-state index contributed by atoms with van der Waals surface area (Å²) in [6, 6.07) is 21.4. The predicted octanol–water partition coefficient (Wildman–Crippen LogP) is 4.19. The van der Waals surface area contributed by atoms with Crippen LogP contribution >= 0.6 is 0 Å². The Kier molecular flexibility index (Phi) is 6.70. The summed E-state index contributed by atoms with van der Waals surface area (Å²) < 4.78 is 16.4. The van der Waals surface area contributed by atoms with Crippen LogP contribution in [0.3, 0.4) is 0 Å². The van der Waals surface area contributed by atoms with Crippen molar-refractivity contribution >= 4 is 11.9 Å². The fourth-order valence-corrected chi connectivity index (χ4v) is 3.25. The van der Waals surface area contributed by atoms with Gasteiger partial charge in [0, 0.05) is 17.2 Å². The molecule has 0 saturated heterocycles. The first-order valence-corrected chi connectivity index (χ1v) is 10.3. The molecule has 0 fully saturated rings. The molecule has 1 amide bonds. The standard InChI is InChI=1S/C25H21N5O4/c1-32-19-10-11-21(22(13-19)33-2)23-27-25(30-29-23)28-24(31)16-8-5-9-20(12-16)34-15-18-7-4-3-6-17(18)14-26/h3-13H,15H2,1-2H3,(H2,27,28,29,30,31). The van der Waals surface area contributed by atoms with Crippen LogP contribution in [0.2, 0.25) is 0 Å². The molecule has 9 heteroatoms. The highest BCUT2D eigenvalue weighted by Crippen LogP contribution is 2.31. The molecule has 0 spiro atoms. The van der Waals surface area contributed by atoms with E-state index in [4.69, 9.17) is 14.2 Å². The van der Waals surface area contributed by atoms with Crippen molar-refractivity contribution in [1.82, 2.24) is 15.2 Å². The van der Waals surface area contributed by atoms with E-state index < -0.39 is 5.91 Å². The van der Waals surface area contributed by atoms with Gasteiger partial charge in [-0.1, -0.05) is 24.3 Å². The van der Waals surface area contributed by atoms with E-state index in [9.17, 15) is 10.1 Å². The molecule has 170 valence electrons. The van der Waals surface area contributed by atoms with Crippen LogP contribution in [-0.4, -0.2) is 35.3 Å². The summed E-state index contributed by atoms with van der Waals surface area (Å²) in [5.41, 5.74) is 2.36. The lowest BCUT2D eigenvalue weighted by Crippen LogP contribution is -2.13. The third kappa shape index (κ3) is 4.97. The monoisotopic (exact) mass is 455 g/mol. The van der Waals surface area contributed by atoms with Gasteiger partial charge in [-0.15, -0.1) is 5.10 Å². The van der Waals surface area contributed by atoms with Gasteiger partial charge in [0.25, 0.3) is 5.91 Å². The number of aromatic nitrogens is 3. The van der Waals surface area contributed by atoms with Crippen LogP contribution < -0.4 is 19.5 Å². The first kappa shape index (κ1) is 22.4. The molecule has 2 N–H and O–H groups in total. The second-order valence-electron chi connectivity index (χ2n) is 7.11. The summed E-state index contributed by atoms with van der Waals surface area (Å²) in [4.78, 5) is 17.1. The van der Waals surface area contributed by atoms with E-state index in [2.05, 4.69) is 26.6 Å². The molecule has 0 aliphatic heterocycles. The molecule has 1 heterocycles. The first-order chi connectivity index (χ1) is 16.6. The number of H-pyrrole nitrogens is 1. The van der Waals surface area contributed by atoms with Crippen molar-refractivity contribution < 1.29 is 19.0 Å². The molecule has 3 aromatic carbocycles. The number of ether oxygens (including phenoxy) is 3. The number of carbonyl (C=O) groups is 1. The topological polar surface area (TPSA) is 122 Å². The summed E-state index contributed by atoms with van der Waals surface area (Å²) in [5.74, 6) is 1.85. The summed E-state index contributed by atoms with van der Waals surface area (Å²) in [5, 5.41) is 18.8. The van der Waals surface area contributed by atoms with E-state index in [1.807, 2.05) is 12.1 Å². The number of hydrogen-bond donors (Lipinski definition) is 2. The molecule has 0 atom stereocenters. The second-order valence-corrected chi connectivity index (χ2v) is 7.11. The van der Waals surface area contributed by atoms with Gasteiger partial charge in [0.1, 0.15) is 23.9 Å². The van der Waals surface area contributed by atoms with Crippen molar-refractivity contribution in [2.45, 2.75) is 6.61 Å². The quantitative estimate of drug-likeness (QED) is 0.408. The Morgan fingerprint density at radius 2 is 1.88 bits per heavy atom. The SMILES string of the molecule is COc1ccc(-c2nc(NC(=O)c3cccc(OCc4ccccc4C#N)c3)n[nH]2)c(OC)c1. The molecule has 9 nitrogen and oxygen atoms in total. The van der Waals surface area contributed by atoms with Gasteiger partial charge in [0.05, 0.1) is 31.4 Å². The molecule has 0 aliphatic rings. The zero-order chi connectivity index (χ0) is 23.9. The van der Waals surface area contributed by atoms with Crippen molar-refractivity contribution in [3.8, 4) is 34.7 Å². The number of aromatic amines is 1. The minimum atomic E-state index is -0.393. The van der Waals surface area contributed by atoms with Crippen molar-refractivity contribution in [2.75, 3.05) is 19.5 Å². The normalized spacial score (nSPS) is 10.3. The van der Waals surface area contributed by atoms with Gasteiger partial charge < -0.3 is 14.2 Å². The van der Waals surface area contributed by atoms with E-state index in [0.717, 1.165) is 5.56 Å². The maximum absolute atomic E-state index is 12.7. The van der Waals surface area contributed by atoms with Crippen LogP contribution in [0.4, 0.5) is 5.95 Å². The summed E-state index contributed by atoms with van der Waals surface area (Å²) in [7, 11) is 3.12. The molecule has 34 heavy (non-hydrogen) atoms. The number of amides is 1. The lowest BCUT2D eigenvalue weighted by molar-refractivity contribution is 0.102. The highest BCUT2D eigenvalue weighted by molar-refractivity contribution is 6.03. The number of hydrogen-bond acceptors (Lipinski definition) is 7. The molecule has 0 bridgehead atoms. The van der Waals surface area contributed by atoms with Gasteiger partial charge in [-0.05, 0) is 36.4 Å². The molecule has 0 saturated carbocycles. The zero-order valence-electron chi connectivity index (χ0n) is 18.5. The van der Waals surface area contributed by atoms with Crippen LogP contribution in [0.1, 0.15) is 21.5 Å². The van der Waals surface area contributed by atoms with Crippen LogP contribution in [0.25, 0.3) is 11.4 Å². The highest BCUT2D eigenvalue weighted by atomic mass is 16.5. The lowest BCUT2D eigenvalue weighted by Gasteiger charge is -2.09. The average Bonchev–Trinajstić information content (AvgIpc) is 3.35. The summed E-state index contributed by atoms with van der Waals surface area (Å²) in [6.45, 7) is 0.211. The van der Waals surface area contributed by atoms with E-state index in [1.54, 1.807) is 68.8 Å². The maximum Gasteiger partial charge on any atom is 0.258 e. The third-order valence-electron chi connectivity index (χ3n) is 5.00. The Balaban J connectivity index is 1.45. The summed E-state index contributed by atoms with van der Waals surface area (Å²) >= 11 is 0. The Morgan fingerprint density at radius 1 is 1.03 bits per heavy atom. The number of methoxy groups -OCH3 is 2. The molecular formula is C25H21N5O4. The number of carbonyl (C=O) groups excluding carboxylic acids is 1. The number of rotatable bonds is 8. The molecule has 0 unspecified atom stereocenters. The van der Waals surface area contributed by atoms with Gasteiger partial charge in [-0.3, -0.25) is 15.2 Å². The fraction of sp³-hybridized carbons (Fsp3) is 0.120.